The maximum Gasteiger partial charge on any atom is 0.341 e. The highest BCUT2D eigenvalue weighted by molar-refractivity contribution is 7.15. The number of amides is 1. The highest BCUT2D eigenvalue weighted by Crippen LogP contribution is 2.37. The quantitative estimate of drug-likeness (QED) is 0.315. The van der Waals surface area contributed by atoms with E-state index >= 15 is 0 Å². The number of hydrogen-bond acceptors (Lipinski definition) is 7. The Morgan fingerprint density at radius 1 is 1.19 bits per heavy atom. The molecule has 0 saturated heterocycles. The number of methoxy groups -OCH3 is 1. The lowest BCUT2D eigenvalue weighted by Gasteiger charge is -2.09. The largest absolute Gasteiger partial charge is 0.490 e. The normalized spacial score (nSPS) is 10.4. The van der Waals surface area contributed by atoms with Crippen molar-refractivity contribution in [1.82, 2.24) is 0 Å². The average molecular weight is 444 g/mol. The summed E-state index contributed by atoms with van der Waals surface area (Å²) in [6, 6.07) is 9.33. The lowest BCUT2D eigenvalue weighted by molar-refractivity contribution is -0.385. The first-order valence-electron chi connectivity index (χ1n) is 9.04. The Morgan fingerprint density at radius 3 is 2.52 bits per heavy atom. The van der Waals surface area contributed by atoms with Crippen LogP contribution in [-0.2, 0) is 4.74 Å². The summed E-state index contributed by atoms with van der Waals surface area (Å²) in [5, 5.41) is 15.7. The first kappa shape index (κ1) is 21.9. The summed E-state index contributed by atoms with van der Waals surface area (Å²) in [6.45, 7) is 1.77. The van der Waals surface area contributed by atoms with Crippen molar-refractivity contribution in [2.75, 3.05) is 19.0 Å². The van der Waals surface area contributed by atoms with E-state index in [4.69, 9.17) is 9.47 Å². The van der Waals surface area contributed by atoms with Crippen LogP contribution in [0.5, 0.6) is 5.75 Å². The number of benzene rings is 2. The van der Waals surface area contributed by atoms with E-state index in [0.29, 0.717) is 11.1 Å². The molecule has 0 unspecified atom stereocenters. The van der Waals surface area contributed by atoms with Gasteiger partial charge in [-0.25, -0.2) is 9.18 Å². The summed E-state index contributed by atoms with van der Waals surface area (Å²) in [5.74, 6) is -1.71. The molecule has 1 aromatic heterocycles. The minimum absolute atomic E-state index is 0.0130. The number of rotatable bonds is 7. The maximum absolute atomic E-state index is 13.3. The lowest BCUT2D eigenvalue weighted by Crippen LogP contribution is -2.15. The SMILES string of the molecule is CCOC(=O)c1c(-c2ccc(F)cc2)csc1NC(=O)c1ccc(OC)c([N+](=O)[O-])c1. The zero-order chi connectivity index (χ0) is 22.5. The Bertz CT molecular complexity index is 1140. The Hall–Kier alpha value is -3.79. The molecule has 1 amide bonds. The van der Waals surface area contributed by atoms with Gasteiger partial charge in [-0.2, -0.15) is 0 Å². The molecule has 0 aliphatic carbocycles. The second kappa shape index (κ2) is 9.35. The van der Waals surface area contributed by atoms with Crippen molar-refractivity contribution < 1.29 is 28.4 Å². The summed E-state index contributed by atoms with van der Waals surface area (Å²) >= 11 is 1.09. The Morgan fingerprint density at radius 2 is 1.90 bits per heavy atom. The van der Waals surface area contributed by atoms with Crippen LogP contribution in [0.3, 0.4) is 0 Å². The number of anilines is 1. The van der Waals surface area contributed by atoms with Crippen LogP contribution in [0.25, 0.3) is 11.1 Å². The first-order chi connectivity index (χ1) is 14.8. The molecule has 0 aliphatic heterocycles. The third-order valence-corrected chi connectivity index (χ3v) is 5.19. The summed E-state index contributed by atoms with van der Waals surface area (Å²) in [4.78, 5) is 35.9. The monoisotopic (exact) mass is 444 g/mol. The number of ether oxygens (including phenoxy) is 2. The van der Waals surface area contributed by atoms with E-state index in [1.165, 1.54) is 43.5 Å². The highest BCUT2D eigenvalue weighted by atomic mass is 32.1. The minimum atomic E-state index is -0.655. The Kier molecular flexibility index (Phi) is 6.61. The van der Waals surface area contributed by atoms with E-state index in [9.17, 15) is 24.1 Å². The van der Waals surface area contributed by atoms with Crippen LogP contribution in [0.4, 0.5) is 15.1 Å². The zero-order valence-electron chi connectivity index (χ0n) is 16.5. The molecule has 0 atom stereocenters. The van der Waals surface area contributed by atoms with E-state index in [-0.39, 0.29) is 34.2 Å². The molecule has 31 heavy (non-hydrogen) atoms. The number of halogens is 1. The molecule has 0 saturated carbocycles. The van der Waals surface area contributed by atoms with E-state index < -0.39 is 22.6 Å². The van der Waals surface area contributed by atoms with Gasteiger partial charge in [0.05, 0.1) is 18.6 Å². The van der Waals surface area contributed by atoms with Gasteiger partial charge in [0.15, 0.2) is 5.75 Å². The standard InChI is InChI=1S/C21H17FN2O6S/c1-3-30-21(26)18-15(12-4-7-14(22)8-5-12)11-31-20(18)23-19(25)13-6-9-17(29-2)16(10-13)24(27)28/h4-11H,3H2,1-2H3,(H,23,25). The van der Waals surface area contributed by atoms with Crippen molar-refractivity contribution in [3.63, 3.8) is 0 Å². The smallest absolute Gasteiger partial charge is 0.341 e. The number of hydrogen-bond donors (Lipinski definition) is 1. The molecule has 0 spiro atoms. The molecule has 0 fully saturated rings. The molecule has 160 valence electrons. The summed E-state index contributed by atoms with van der Waals surface area (Å²) < 4.78 is 23.3. The minimum Gasteiger partial charge on any atom is -0.490 e. The number of nitrogens with one attached hydrogen (secondary N) is 1. The highest BCUT2D eigenvalue weighted by Gasteiger charge is 2.24. The van der Waals surface area contributed by atoms with Gasteiger partial charge in [0, 0.05) is 22.6 Å². The van der Waals surface area contributed by atoms with Gasteiger partial charge in [-0.05, 0) is 36.8 Å². The van der Waals surface area contributed by atoms with E-state index in [0.717, 1.165) is 17.4 Å². The zero-order valence-corrected chi connectivity index (χ0v) is 17.3. The summed E-state index contributed by atoms with van der Waals surface area (Å²) in [7, 11) is 1.29. The summed E-state index contributed by atoms with van der Waals surface area (Å²) in [5.41, 5.74) is 0.813. The van der Waals surface area contributed by atoms with Crippen molar-refractivity contribution in [2.24, 2.45) is 0 Å². The lowest BCUT2D eigenvalue weighted by atomic mass is 10.0. The second-order valence-corrected chi connectivity index (χ2v) is 7.06. The van der Waals surface area contributed by atoms with Crippen molar-refractivity contribution in [3.05, 3.63) is 74.9 Å². The topological polar surface area (TPSA) is 108 Å². The van der Waals surface area contributed by atoms with Crippen molar-refractivity contribution in [1.29, 1.82) is 0 Å². The molecule has 1 heterocycles. The number of carbonyl (C=O) groups is 2. The van der Waals surface area contributed by atoms with Gasteiger partial charge in [-0.1, -0.05) is 12.1 Å². The van der Waals surface area contributed by atoms with Crippen molar-refractivity contribution in [2.45, 2.75) is 6.92 Å². The number of thiophene rings is 1. The van der Waals surface area contributed by atoms with Gasteiger partial charge >= 0.3 is 11.7 Å². The Labute approximate surface area is 180 Å². The van der Waals surface area contributed by atoms with Crippen molar-refractivity contribution in [3.8, 4) is 16.9 Å². The number of nitro groups is 1. The number of carbonyl (C=O) groups excluding carboxylic acids is 2. The third kappa shape index (κ3) is 4.69. The van der Waals surface area contributed by atoms with Crippen molar-refractivity contribution >= 4 is 33.9 Å². The number of esters is 1. The number of nitro benzene ring substituents is 1. The molecule has 0 bridgehead atoms. The number of nitrogens with zero attached hydrogens (tertiary/aromatic N) is 1. The predicted octanol–water partition coefficient (Wildman–Crippen LogP) is 4.90. The fourth-order valence-corrected chi connectivity index (χ4v) is 3.80. The van der Waals surface area contributed by atoms with E-state index in [1.807, 2.05) is 0 Å². The summed E-state index contributed by atoms with van der Waals surface area (Å²) in [6.07, 6.45) is 0. The van der Waals surface area contributed by atoms with Crippen LogP contribution in [0.1, 0.15) is 27.6 Å². The van der Waals surface area contributed by atoms with Crippen LogP contribution >= 0.6 is 11.3 Å². The molecular weight excluding hydrogens is 427 g/mol. The molecule has 0 radical (unpaired) electrons. The van der Waals surface area contributed by atoms with Crippen LogP contribution in [-0.4, -0.2) is 30.5 Å². The molecule has 0 aliphatic rings. The van der Waals surface area contributed by atoms with Gasteiger partial charge in [-0.3, -0.25) is 14.9 Å². The Balaban J connectivity index is 1.98. The molecule has 3 rings (SSSR count). The molecular formula is C21H17FN2O6S. The maximum atomic E-state index is 13.3. The van der Waals surface area contributed by atoms with Crippen LogP contribution < -0.4 is 10.1 Å². The molecule has 3 aromatic rings. The molecule has 2 aromatic carbocycles. The van der Waals surface area contributed by atoms with Gasteiger partial charge in [0.2, 0.25) is 0 Å². The van der Waals surface area contributed by atoms with Crippen LogP contribution in [0, 0.1) is 15.9 Å². The third-order valence-electron chi connectivity index (χ3n) is 4.29. The van der Waals surface area contributed by atoms with E-state index in [2.05, 4.69) is 5.32 Å². The van der Waals surface area contributed by atoms with E-state index in [1.54, 1.807) is 12.3 Å². The molecule has 1 N–H and O–H groups in total. The molecule has 8 nitrogen and oxygen atoms in total. The van der Waals surface area contributed by atoms with Crippen LogP contribution in [0.2, 0.25) is 0 Å². The van der Waals surface area contributed by atoms with Gasteiger partial charge in [0.25, 0.3) is 5.91 Å². The van der Waals surface area contributed by atoms with Gasteiger partial charge < -0.3 is 14.8 Å². The predicted molar refractivity (Wildman–Crippen MR) is 113 cm³/mol. The molecule has 10 heteroatoms. The van der Waals surface area contributed by atoms with Gasteiger partial charge in [-0.15, -0.1) is 11.3 Å². The van der Waals surface area contributed by atoms with Crippen LogP contribution in [0.15, 0.2) is 47.8 Å². The fourth-order valence-electron chi connectivity index (χ4n) is 2.85. The fraction of sp³-hybridized carbons (Fsp3) is 0.143. The second-order valence-electron chi connectivity index (χ2n) is 6.18. The van der Waals surface area contributed by atoms with Gasteiger partial charge in [0.1, 0.15) is 16.4 Å². The first-order valence-corrected chi connectivity index (χ1v) is 9.92. The average Bonchev–Trinajstić information content (AvgIpc) is 3.17.